The van der Waals surface area contributed by atoms with Gasteiger partial charge in [0.15, 0.2) is 6.19 Å². The van der Waals surface area contributed by atoms with Crippen molar-refractivity contribution in [3.05, 3.63) is 30.0 Å². The van der Waals surface area contributed by atoms with E-state index in [0.717, 1.165) is 15.9 Å². The average molecular weight is 441 g/mol. The lowest BCUT2D eigenvalue weighted by Crippen LogP contribution is -2.52. The molecule has 1 aromatic heterocycles. The molecule has 1 aromatic carbocycles. The second kappa shape index (κ2) is 10.0. The van der Waals surface area contributed by atoms with Crippen LogP contribution in [0.2, 0.25) is 0 Å². The van der Waals surface area contributed by atoms with Gasteiger partial charge in [-0.05, 0) is 37.0 Å². The number of benzene rings is 1. The Labute approximate surface area is 186 Å². The van der Waals surface area contributed by atoms with Gasteiger partial charge in [0.05, 0.1) is 19.6 Å². The molecule has 2 atom stereocenters. The minimum atomic E-state index is -0.857. The maximum atomic E-state index is 12.9. The zero-order chi connectivity index (χ0) is 23.3. The van der Waals surface area contributed by atoms with Crippen LogP contribution in [0.15, 0.2) is 24.3 Å². The average Bonchev–Trinajstić information content (AvgIpc) is 3.38. The van der Waals surface area contributed by atoms with Crippen molar-refractivity contribution in [2.75, 3.05) is 20.2 Å². The molecule has 10 nitrogen and oxygen atoms in total. The second-order valence-electron chi connectivity index (χ2n) is 8.22. The Morgan fingerprint density at radius 1 is 1.38 bits per heavy atom. The van der Waals surface area contributed by atoms with Gasteiger partial charge >= 0.3 is 0 Å². The molecule has 0 bridgehead atoms. The molecule has 4 N–H and O–H groups in total. The molecule has 1 saturated heterocycles. The van der Waals surface area contributed by atoms with E-state index in [1.165, 1.54) is 0 Å². The summed E-state index contributed by atoms with van der Waals surface area (Å²) < 4.78 is 5.33. The summed E-state index contributed by atoms with van der Waals surface area (Å²) in [5.74, 6) is -0.710. The Hall–Kier alpha value is -3.74. The number of fused-ring (bicyclic) bond motifs is 1. The van der Waals surface area contributed by atoms with Crippen molar-refractivity contribution in [3.8, 4) is 11.9 Å². The van der Waals surface area contributed by atoms with Gasteiger partial charge in [-0.2, -0.15) is 5.26 Å². The Bertz CT molecular complexity index is 1040. The third kappa shape index (κ3) is 5.29. The van der Waals surface area contributed by atoms with Crippen LogP contribution in [0.4, 0.5) is 0 Å². The number of ether oxygens (including phenoxy) is 1. The van der Waals surface area contributed by atoms with E-state index in [2.05, 4.69) is 21.0 Å². The summed E-state index contributed by atoms with van der Waals surface area (Å²) in [7, 11) is 1.56. The molecular weight excluding hydrogens is 412 g/mol. The van der Waals surface area contributed by atoms with E-state index in [9.17, 15) is 19.6 Å². The number of aromatic nitrogens is 1. The molecule has 0 saturated carbocycles. The number of H-pyrrole nitrogens is 1. The third-order valence-corrected chi connectivity index (χ3v) is 5.35. The maximum absolute atomic E-state index is 12.9. The number of methoxy groups -OCH3 is 1. The number of nitrogens with zero attached hydrogens (tertiary/aromatic N) is 2. The lowest BCUT2D eigenvalue weighted by molar-refractivity contribution is -0.129. The number of carbonyl (C=O) groups is 3. The van der Waals surface area contributed by atoms with Gasteiger partial charge in [-0.25, -0.2) is 5.01 Å². The Kier molecular flexibility index (Phi) is 7.20. The topological polar surface area (TPSA) is 139 Å². The van der Waals surface area contributed by atoms with Crippen LogP contribution in [0.5, 0.6) is 5.75 Å². The first-order valence-electron chi connectivity index (χ1n) is 10.5. The molecule has 0 radical (unpaired) electrons. The molecule has 170 valence electrons. The molecule has 1 unspecified atom stereocenters. The normalized spacial score (nSPS) is 16.3. The number of nitrogens with one attached hydrogen (secondary N) is 4. The molecule has 32 heavy (non-hydrogen) atoms. The van der Waals surface area contributed by atoms with Crippen LogP contribution < -0.4 is 20.8 Å². The largest absolute Gasteiger partial charge is 0.496 e. The van der Waals surface area contributed by atoms with E-state index in [-0.39, 0.29) is 24.3 Å². The minimum absolute atomic E-state index is 0.0816. The molecule has 1 aliphatic rings. The van der Waals surface area contributed by atoms with Crippen LogP contribution in [-0.2, 0) is 9.59 Å². The summed E-state index contributed by atoms with van der Waals surface area (Å²) in [6.07, 6.45) is 2.87. The molecule has 10 heteroatoms. The molecule has 2 heterocycles. The zero-order valence-electron chi connectivity index (χ0n) is 18.4. The molecule has 1 aliphatic heterocycles. The highest BCUT2D eigenvalue weighted by Gasteiger charge is 2.29. The Balaban J connectivity index is 1.71. The number of hydrogen-bond donors (Lipinski definition) is 4. The predicted octanol–water partition coefficient (Wildman–Crippen LogP) is 1.27. The summed E-state index contributed by atoms with van der Waals surface area (Å²) in [5.41, 5.74) is 3.57. The van der Waals surface area contributed by atoms with E-state index in [0.29, 0.717) is 30.8 Å². The lowest BCUT2D eigenvalue weighted by atomic mass is 10.0. The fraction of sp³-hybridized carbons (Fsp3) is 0.455. The van der Waals surface area contributed by atoms with E-state index in [1.807, 2.05) is 32.2 Å². The summed E-state index contributed by atoms with van der Waals surface area (Å²) in [6, 6.07) is 6.26. The van der Waals surface area contributed by atoms with Crippen LogP contribution in [0.1, 0.15) is 37.2 Å². The molecule has 0 aliphatic carbocycles. The van der Waals surface area contributed by atoms with Crippen molar-refractivity contribution in [2.24, 2.45) is 11.8 Å². The van der Waals surface area contributed by atoms with Gasteiger partial charge in [0.1, 0.15) is 17.5 Å². The van der Waals surface area contributed by atoms with Gasteiger partial charge in [0, 0.05) is 17.4 Å². The van der Waals surface area contributed by atoms with Gasteiger partial charge in [-0.1, -0.05) is 19.9 Å². The van der Waals surface area contributed by atoms with E-state index in [4.69, 9.17) is 4.74 Å². The maximum Gasteiger partial charge on any atom is 0.268 e. The number of nitriles is 1. The van der Waals surface area contributed by atoms with Gasteiger partial charge in [-0.15, -0.1) is 0 Å². The number of rotatable bonds is 9. The Morgan fingerprint density at radius 2 is 2.16 bits per heavy atom. The second-order valence-corrected chi connectivity index (χ2v) is 8.22. The number of aromatic amines is 1. The Morgan fingerprint density at radius 3 is 2.78 bits per heavy atom. The smallest absolute Gasteiger partial charge is 0.268 e. The van der Waals surface area contributed by atoms with Gasteiger partial charge in [-0.3, -0.25) is 19.8 Å². The monoisotopic (exact) mass is 440 g/mol. The fourth-order valence-electron chi connectivity index (χ4n) is 3.73. The van der Waals surface area contributed by atoms with Crippen molar-refractivity contribution in [1.82, 2.24) is 26.1 Å². The summed E-state index contributed by atoms with van der Waals surface area (Å²) >= 11 is 0. The summed E-state index contributed by atoms with van der Waals surface area (Å²) in [4.78, 5) is 40.6. The third-order valence-electron chi connectivity index (χ3n) is 5.35. The highest BCUT2D eigenvalue weighted by molar-refractivity contribution is 6.01. The van der Waals surface area contributed by atoms with Crippen molar-refractivity contribution >= 4 is 28.6 Å². The van der Waals surface area contributed by atoms with Gasteiger partial charge in [0.25, 0.3) is 11.8 Å². The minimum Gasteiger partial charge on any atom is -0.496 e. The number of hydrogen-bond acceptors (Lipinski definition) is 6. The quantitative estimate of drug-likeness (QED) is 0.263. The van der Waals surface area contributed by atoms with E-state index >= 15 is 0 Å². The molecule has 3 rings (SSSR count). The van der Waals surface area contributed by atoms with Crippen LogP contribution in [-0.4, -0.2) is 54.0 Å². The summed E-state index contributed by atoms with van der Waals surface area (Å²) in [5, 5.41) is 16.7. The zero-order valence-corrected chi connectivity index (χ0v) is 18.4. The SMILES string of the molecule is COc1cccc2[nH]c(C(=O)N[C@@H](CC(C)C)C(=O)NN(C#N)CC3CCNC3=O)cc12. The lowest BCUT2D eigenvalue weighted by Gasteiger charge is -2.24. The highest BCUT2D eigenvalue weighted by atomic mass is 16.5. The standard InChI is InChI=1S/C22H28N6O4/c1-13(2)9-17(22(31)27-28(12-23)11-14-7-8-24-20(14)29)26-21(30)18-10-15-16(25-18)5-4-6-19(15)32-3/h4-6,10,13-14,17,25H,7-9,11H2,1-3H3,(H,24,29)(H,26,30)(H,27,31)/t14?,17-/m0/s1. The van der Waals surface area contributed by atoms with Gasteiger partial charge < -0.3 is 20.4 Å². The first-order chi connectivity index (χ1) is 15.3. The first kappa shape index (κ1) is 22.9. The summed E-state index contributed by atoms with van der Waals surface area (Å²) in [6.45, 7) is 4.51. The number of hydrazine groups is 1. The first-order valence-corrected chi connectivity index (χ1v) is 10.5. The number of amides is 3. The van der Waals surface area contributed by atoms with Crippen LogP contribution in [0, 0.1) is 23.3 Å². The molecule has 3 amide bonds. The van der Waals surface area contributed by atoms with Gasteiger partial charge in [0.2, 0.25) is 5.91 Å². The molecule has 0 spiro atoms. The van der Waals surface area contributed by atoms with Crippen LogP contribution >= 0.6 is 0 Å². The highest BCUT2D eigenvalue weighted by Crippen LogP contribution is 2.26. The van der Waals surface area contributed by atoms with Crippen LogP contribution in [0.3, 0.4) is 0 Å². The fourth-order valence-corrected chi connectivity index (χ4v) is 3.73. The van der Waals surface area contributed by atoms with Crippen molar-refractivity contribution < 1.29 is 19.1 Å². The molecule has 1 fully saturated rings. The van der Waals surface area contributed by atoms with Crippen molar-refractivity contribution in [1.29, 1.82) is 5.26 Å². The van der Waals surface area contributed by atoms with Crippen molar-refractivity contribution in [2.45, 2.75) is 32.7 Å². The molecule has 2 aromatic rings. The van der Waals surface area contributed by atoms with E-state index in [1.54, 1.807) is 19.2 Å². The van der Waals surface area contributed by atoms with Crippen molar-refractivity contribution in [3.63, 3.8) is 0 Å². The molecular formula is C22H28N6O4. The predicted molar refractivity (Wildman–Crippen MR) is 117 cm³/mol. The number of carbonyl (C=O) groups excluding carboxylic acids is 3. The van der Waals surface area contributed by atoms with Crippen LogP contribution in [0.25, 0.3) is 10.9 Å². The van der Waals surface area contributed by atoms with E-state index < -0.39 is 17.9 Å².